The fourth-order valence-corrected chi connectivity index (χ4v) is 3.05. The molecule has 0 bridgehead atoms. The molecule has 1 atom stereocenters. The molecule has 3 N–H and O–H groups in total. The summed E-state index contributed by atoms with van der Waals surface area (Å²) in [7, 11) is 0. The van der Waals surface area contributed by atoms with Crippen molar-refractivity contribution in [2.45, 2.75) is 33.2 Å². The Kier molecular flexibility index (Phi) is 4.97. The molecule has 0 spiro atoms. The molecule has 0 aliphatic carbocycles. The average molecular weight is 333 g/mol. The van der Waals surface area contributed by atoms with E-state index in [-0.39, 0.29) is 6.04 Å². The van der Waals surface area contributed by atoms with E-state index in [9.17, 15) is 0 Å². The standard InChI is InChI=1S/C17H21BrN2/c1-11-6-12(2)8-14(7-11)9-17(20-19)16-10-15(18)5-4-13(16)3/h4-8,10,17,20H,9,19H2,1-3H3. The summed E-state index contributed by atoms with van der Waals surface area (Å²) >= 11 is 3.53. The Morgan fingerprint density at radius 3 is 2.30 bits per heavy atom. The predicted octanol–water partition coefficient (Wildman–Crippen LogP) is 4.12. The number of rotatable bonds is 4. The molecule has 20 heavy (non-hydrogen) atoms. The summed E-state index contributed by atoms with van der Waals surface area (Å²) in [6.07, 6.45) is 0.885. The maximum absolute atomic E-state index is 5.78. The van der Waals surface area contributed by atoms with Crippen LogP contribution in [0, 0.1) is 20.8 Å². The number of hydrogen-bond acceptors (Lipinski definition) is 2. The van der Waals surface area contributed by atoms with E-state index < -0.39 is 0 Å². The second-order valence-electron chi connectivity index (χ2n) is 5.42. The topological polar surface area (TPSA) is 38.0 Å². The summed E-state index contributed by atoms with van der Waals surface area (Å²) in [5.41, 5.74) is 9.34. The van der Waals surface area contributed by atoms with Gasteiger partial charge in [-0.15, -0.1) is 0 Å². The van der Waals surface area contributed by atoms with Gasteiger partial charge in [-0.05, 0) is 56.0 Å². The highest BCUT2D eigenvalue weighted by molar-refractivity contribution is 9.10. The van der Waals surface area contributed by atoms with Crippen LogP contribution >= 0.6 is 15.9 Å². The minimum atomic E-state index is 0.119. The fraction of sp³-hybridized carbons (Fsp3) is 0.294. The van der Waals surface area contributed by atoms with E-state index in [0.29, 0.717) is 0 Å². The summed E-state index contributed by atoms with van der Waals surface area (Å²) in [6, 6.07) is 13.1. The molecule has 0 heterocycles. The van der Waals surface area contributed by atoms with Gasteiger partial charge in [-0.3, -0.25) is 11.3 Å². The molecule has 0 aliphatic rings. The van der Waals surface area contributed by atoms with E-state index in [0.717, 1.165) is 10.9 Å². The summed E-state index contributed by atoms with van der Waals surface area (Å²) in [4.78, 5) is 0. The lowest BCUT2D eigenvalue weighted by molar-refractivity contribution is 0.549. The van der Waals surface area contributed by atoms with Gasteiger partial charge in [-0.2, -0.15) is 0 Å². The highest BCUT2D eigenvalue weighted by Crippen LogP contribution is 2.25. The molecule has 0 aromatic heterocycles. The molecule has 0 fully saturated rings. The lowest BCUT2D eigenvalue weighted by Crippen LogP contribution is -2.30. The van der Waals surface area contributed by atoms with Crippen LogP contribution in [0.15, 0.2) is 40.9 Å². The summed E-state index contributed by atoms with van der Waals surface area (Å²) in [6.45, 7) is 6.38. The fourth-order valence-electron chi connectivity index (χ4n) is 2.67. The third-order valence-electron chi connectivity index (χ3n) is 3.54. The van der Waals surface area contributed by atoms with Crippen LogP contribution in [0.1, 0.15) is 33.9 Å². The zero-order valence-electron chi connectivity index (χ0n) is 12.2. The molecular formula is C17H21BrN2. The van der Waals surface area contributed by atoms with E-state index in [1.54, 1.807) is 0 Å². The number of nitrogens with one attached hydrogen (secondary N) is 1. The highest BCUT2D eigenvalue weighted by Gasteiger charge is 2.14. The van der Waals surface area contributed by atoms with Crippen molar-refractivity contribution in [1.29, 1.82) is 0 Å². The Bertz CT molecular complexity index is 588. The van der Waals surface area contributed by atoms with Crippen LogP contribution in [-0.2, 0) is 6.42 Å². The van der Waals surface area contributed by atoms with Crippen molar-refractivity contribution in [3.63, 3.8) is 0 Å². The van der Waals surface area contributed by atoms with Crippen molar-refractivity contribution in [2.24, 2.45) is 5.84 Å². The molecular weight excluding hydrogens is 312 g/mol. The molecule has 106 valence electrons. The van der Waals surface area contributed by atoms with Crippen LogP contribution in [-0.4, -0.2) is 0 Å². The van der Waals surface area contributed by atoms with Crippen LogP contribution in [0.3, 0.4) is 0 Å². The Labute approximate surface area is 129 Å². The SMILES string of the molecule is Cc1cc(C)cc(CC(NN)c2cc(Br)ccc2C)c1. The lowest BCUT2D eigenvalue weighted by atomic mass is 9.94. The van der Waals surface area contributed by atoms with Gasteiger partial charge in [0, 0.05) is 4.47 Å². The zero-order valence-corrected chi connectivity index (χ0v) is 13.8. The lowest BCUT2D eigenvalue weighted by Gasteiger charge is -2.19. The first-order valence-electron chi connectivity index (χ1n) is 6.79. The molecule has 0 saturated carbocycles. The van der Waals surface area contributed by atoms with Crippen LogP contribution in [0.5, 0.6) is 0 Å². The zero-order chi connectivity index (χ0) is 14.7. The Balaban J connectivity index is 2.31. The molecule has 2 aromatic carbocycles. The molecule has 2 aromatic rings. The number of hydrogen-bond donors (Lipinski definition) is 2. The van der Waals surface area contributed by atoms with Gasteiger partial charge < -0.3 is 0 Å². The van der Waals surface area contributed by atoms with E-state index in [1.165, 1.54) is 27.8 Å². The highest BCUT2D eigenvalue weighted by atomic mass is 79.9. The quantitative estimate of drug-likeness (QED) is 0.652. The van der Waals surface area contributed by atoms with Gasteiger partial charge >= 0.3 is 0 Å². The minimum absolute atomic E-state index is 0.119. The number of halogens is 1. The van der Waals surface area contributed by atoms with E-state index in [1.807, 2.05) is 0 Å². The second kappa shape index (κ2) is 6.53. The number of benzene rings is 2. The smallest absolute Gasteiger partial charge is 0.0503 e. The molecule has 0 aliphatic heterocycles. The van der Waals surface area contributed by atoms with Crippen LogP contribution in [0.4, 0.5) is 0 Å². The van der Waals surface area contributed by atoms with Gasteiger partial charge in [0.25, 0.3) is 0 Å². The Hall–Kier alpha value is -1.16. The summed E-state index contributed by atoms with van der Waals surface area (Å²) in [5, 5.41) is 0. The van der Waals surface area contributed by atoms with Gasteiger partial charge in [-0.25, -0.2) is 0 Å². The molecule has 3 heteroatoms. The van der Waals surface area contributed by atoms with Crippen LogP contribution in [0.2, 0.25) is 0 Å². The third-order valence-corrected chi connectivity index (χ3v) is 4.03. The maximum Gasteiger partial charge on any atom is 0.0503 e. The molecule has 0 saturated heterocycles. The van der Waals surface area contributed by atoms with Gasteiger partial charge in [0.2, 0.25) is 0 Å². The summed E-state index contributed by atoms with van der Waals surface area (Å²) < 4.78 is 1.08. The average Bonchev–Trinajstić information content (AvgIpc) is 2.38. The van der Waals surface area contributed by atoms with Gasteiger partial charge in [0.15, 0.2) is 0 Å². The van der Waals surface area contributed by atoms with E-state index >= 15 is 0 Å². The van der Waals surface area contributed by atoms with Crippen molar-refractivity contribution in [1.82, 2.24) is 5.43 Å². The molecule has 0 amide bonds. The van der Waals surface area contributed by atoms with Gasteiger partial charge in [-0.1, -0.05) is 51.3 Å². The van der Waals surface area contributed by atoms with E-state index in [2.05, 4.69) is 78.5 Å². The molecule has 1 unspecified atom stereocenters. The first-order valence-corrected chi connectivity index (χ1v) is 7.58. The largest absolute Gasteiger partial charge is 0.271 e. The van der Waals surface area contributed by atoms with E-state index in [4.69, 9.17) is 5.84 Å². The van der Waals surface area contributed by atoms with Crippen LogP contribution < -0.4 is 11.3 Å². The second-order valence-corrected chi connectivity index (χ2v) is 6.34. The van der Waals surface area contributed by atoms with Gasteiger partial charge in [0.05, 0.1) is 6.04 Å². The van der Waals surface area contributed by atoms with Crippen molar-refractivity contribution >= 4 is 15.9 Å². The van der Waals surface area contributed by atoms with Crippen molar-refractivity contribution in [3.8, 4) is 0 Å². The normalized spacial score (nSPS) is 12.4. The monoisotopic (exact) mass is 332 g/mol. The molecule has 0 radical (unpaired) electrons. The van der Waals surface area contributed by atoms with Gasteiger partial charge in [0.1, 0.15) is 0 Å². The Morgan fingerprint density at radius 1 is 1.05 bits per heavy atom. The number of hydrazine groups is 1. The van der Waals surface area contributed by atoms with Crippen molar-refractivity contribution in [2.75, 3.05) is 0 Å². The maximum atomic E-state index is 5.78. The first kappa shape index (κ1) is 15.2. The first-order chi connectivity index (χ1) is 9.49. The predicted molar refractivity (Wildman–Crippen MR) is 88.6 cm³/mol. The Morgan fingerprint density at radius 2 is 1.70 bits per heavy atom. The molecule has 2 rings (SSSR count). The number of nitrogens with two attached hydrogens (primary N) is 1. The van der Waals surface area contributed by atoms with Crippen LogP contribution in [0.25, 0.3) is 0 Å². The third kappa shape index (κ3) is 3.69. The molecule has 2 nitrogen and oxygen atoms in total. The van der Waals surface area contributed by atoms with Crippen molar-refractivity contribution in [3.05, 3.63) is 68.7 Å². The minimum Gasteiger partial charge on any atom is -0.271 e. The summed E-state index contributed by atoms with van der Waals surface area (Å²) in [5.74, 6) is 5.78. The van der Waals surface area contributed by atoms with Crippen molar-refractivity contribution < 1.29 is 0 Å². The number of aryl methyl sites for hydroxylation is 3.